The van der Waals surface area contributed by atoms with Gasteiger partial charge in [0.25, 0.3) is 5.91 Å². The van der Waals surface area contributed by atoms with Gasteiger partial charge in [0.15, 0.2) is 0 Å². The fraction of sp³-hybridized carbons (Fsp3) is 0.478. The number of piperidine rings is 1. The normalized spacial score (nSPS) is 17.4. The molecule has 1 aromatic carbocycles. The van der Waals surface area contributed by atoms with Crippen molar-refractivity contribution in [2.75, 3.05) is 46.8 Å². The van der Waals surface area contributed by atoms with Gasteiger partial charge in [-0.15, -0.1) is 0 Å². The fourth-order valence-electron chi connectivity index (χ4n) is 3.87. The van der Waals surface area contributed by atoms with Crippen LogP contribution in [-0.2, 0) is 6.54 Å². The predicted molar refractivity (Wildman–Crippen MR) is 113 cm³/mol. The van der Waals surface area contributed by atoms with E-state index in [0.29, 0.717) is 31.2 Å². The molecule has 5 nitrogen and oxygen atoms in total. The minimum absolute atomic E-state index is 0.0151. The molecule has 1 amide bonds. The van der Waals surface area contributed by atoms with Crippen LogP contribution in [0.25, 0.3) is 0 Å². The number of hydrogen-bond acceptors (Lipinski definition) is 4. The highest BCUT2D eigenvalue weighted by Crippen LogP contribution is 2.21. The summed E-state index contributed by atoms with van der Waals surface area (Å²) in [5.41, 5.74) is 1.23. The summed E-state index contributed by atoms with van der Waals surface area (Å²) in [4.78, 5) is 23.6. The summed E-state index contributed by atoms with van der Waals surface area (Å²) < 4.78 is 14.0. The van der Waals surface area contributed by atoms with Gasteiger partial charge >= 0.3 is 0 Å². The van der Waals surface area contributed by atoms with Gasteiger partial charge in [0.1, 0.15) is 11.5 Å². The number of aromatic nitrogens is 1. The molecule has 2 aromatic rings. The zero-order chi connectivity index (χ0) is 20.6. The second-order valence-electron chi connectivity index (χ2n) is 8.10. The highest BCUT2D eigenvalue weighted by molar-refractivity contribution is 5.92. The van der Waals surface area contributed by atoms with Crippen molar-refractivity contribution in [3.05, 3.63) is 65.7 Å². The van der Waals surface area contributed by atoms with Gasteiger partial charge in [-0.3, -0.25) is 14.7 Å². The molecular weight excluding hydrogens is 367 g/mol. The first-order valence-electron chi connectivity index (χ1n) is 10.3. The van der Waals surface area contributed by atoms with E-state index in [-0.39, 0.29) is 11.7 Å². The van der Waals surface area contributed by atoms with Crippen molar-refractivity contribution in [2.45, 2.75) is 19.4 Å². The molecule has 0 bridgehead atoms. The molecule has 1 aromatic heterocycles. The smallest absolute Gasteiger partial charge is 0.272 e. The lowest BCUT2D eigenvalue weighted by Gasteiger charge is -2.36. The van der Waals surface area contributed by atoms with Crippen molar-refractivity contribution in [3.8, 4) is 0 Å². The fourth-order valence-corrected chi connectivity index (χ4v) is 3.87. The average Bonchev–Trinajstić information content (AvgIpc) is 2.73. The van der Waals surface area contributed by atoms with E-state index < -0.39 is 0 Å². The van der Waals surface area contributed by atoms with E-state index in [0.717, 1.165) is 38.0 Å². The summed E-state index contributed by atoms with van der Waals surface area (Å²) in [6.45, 7) is 4.65. The Kier molecular flexibility index (Phi) is 7.72. The first-order valence-corrected chi connectivity index (χ1v) is 10.3. The molecule has 1 saturated heterocycles. The number of pyridine rings is 1. The average molecular weight is 399 g/mol. The molecule has 2 heterocycles. The van der Waals surface area contributed by atoms with Crippen molar-refractivity contribution in [3.63, 3.8) is 0 Å². The van der Waals surface area contributed by atoms with Crippen LogP contribution in [0.3, 0.4) is 0 Å². The quantitative estimate of drug-likeness (QED) is 0.685. The molecule has 1 aliphatic rings. The van der Waals surface area contributed by atoms with E-state index in [9.17, 15) is 9.18 Å². The number of amides is 1. The van der Waals surface area contributed by atoms with Gasteiger partial charge < -0.3 is 9.80 Å². The standard InChI is InChI=1S/C23H31FN4O/c1-26(2)14-15-28(23(29)22-11-5-6-12-25-22)17-19-8-7-13-27(16-19)18-20-9-3-4-10-21(20)24/h3-6,9-12,19H,7-8,13-18H2,1-2H3. The number of likely N-dealkylation sites (N-methyl/N-ethyl adjacent to an activating group) is 1. The number of likely N-dealkylation sites (tertiary alicyclic amines) is 1. The van der Waals surface area contributed by atoms with E-state index in [1.807, 2.05) is 43.3 Å². The van der Waals surface area contributed by atoms with Gasteiger partial charge in [-0.05, 0) is 57.6 Å². The van der Waals surface area contributed by atoms with E-state index in [1.165, 1.54) is 6.07 Å². The molecule has 0 saturated carbocycles. The second kappa shape index (κ2) is 10.5. The highest BCUT2D eigenvalue weighted by Gasteiger charge is 2.25. The number of nitrogens with zero attached hydrogens (tertiary/aromatic N) is 4. The molecule has 0 spiro atoms. The lowest BCUT2D eigenvalue weighted by molar-refractivity contribution is 0.0654. The van der Waals surface area contributed by atoms with Crippen LogP contribution in [0.1, 0.15) is 28.9 Å². The molecule has 1 atom stereocenters. The van der Waals surface area contributed by atoms with E-state index in [1.54, 1.807) is 18.3 Å². The van der Waals surface area contributed by atoms with E-state index in [4.69, 9.17) is 0 Å². The Balaban J connectivity index is 1.64. The Bertz CT molecular complexity index is 783. The van der Waals surface area contributed by atoms with Gasteiger partial charge in [0.05, 0.1) is 0 Å². The number of benzene rings is 1. The number of hydrogen-bond donors (Lipinski definition) is 0. The van der Waals surface area contributed by atoms with Gasteiger partial charge in [0, 0.05) is 44.5 Å². The van der Waals surface area contributed by atoms with Crippen molar-refractivity contribution in [1.82, 2.24) is 19.7 Å². The lowest BCUT2D eigenvalue weighted by Crippen LogP contribution is -2.44. The van der Waals surface area contributed by atoms with Gasteiger partial charge in [-0.1, -0.05) is 24.3 Å². The minimum Gasteiger partial charge on any atom is -0.336 e. The van der Waals surface area contributed by atoms with Crippen LogP contribution in [0, 0.1) is 11.7 Å². The summed E-state index contributed by atoms with van der Waals surface area (Å²) in [6, 6.07) is 12.4. The molecule has 0 aliphatic carbocycles. The molecule has 1 fully saturated rings. The van der Waals surface area contributed by atoms with Crippen molar-refractivity contribution in [2.24, 2.45) is 5.92 Å². The summed E-state index contributed by atoms with van der Waals surface area (Å²) in [6.07, 6.45) is 3.81. The highest BCUT2D eigenvalue weighted by atomic mass is 19.1. The molecular formula is C23H31FN4O. The van der Waals surface area contributed by atoms with Crippen LogP contribution in [0.4, 0.5) is 4.39 Å². The molecule has 3 rings (SSSR count). The van der Waals surface area contributed by atoms with Crippen LogP contribution in [0.2, 0.25) is 0 Å². The van der Waals surface area contributed by atoms with Gasteiger partial charge in [0.2, 0.25) is 0 Å². The first kappa shape index (κ1) is 21.4. The van der Waals surface area contributed by atoms with Crippen LogP contribution in [0.5, 0.6) is 0 Å². The number of carbonyl (C=O) groups excluding carboxylic acids is 1. The molecule has 156 valence electrons. The summed E-state index contributed by atoms with van der Waals surface area (Å²) in [7, 11) is 4.03. The Morgan fingerprint density at radius 1 is 1.17 bits per heavy atom. The van der Waals surface area contributed by atoms with Gasteiger partial charge in [-0.2, -0.15) is 0 Å². The molecule has 1 unspecified atom stereocenters. The molecule has 29 heavy (non-hydrogen) atoms. The van der Waals surface area contributed by atoms with Crippen molar-refractivity contribution >= 4 is 5.91 Å². The van der Waals surface area contributed by atoms with Crippen LogP contribution >= 0.6 is 0 Å². The van der Waals surface area contributed by atoms with Crippen LogP contribution in [0.15, 0.2) is 48.7 Å². The molecule has 1 aliphatic heterocycles. The van der Waals surface area contributed by atoms with Crippen molar-refractivity contribution in [1.29, 1.82) is 0 Å². The summed E-state index contributed by atoms with van der Waals surface area (Å²) in [5, 5.41) is 0. The number of halogens is 1. The van der Waals surface area contributed by atoms with Crippen LogP contribution in [-0.4, -0.2) is 72.4 Å². The third-order valence-electron chi connectivity index (χ3n) is 5.42. The third-order valence-corrected chi connectivity index (χ3v) is 5.42. The maximum atomic E-state index is 14.0. The SMILES string of the molecule is CN(C)CCN(CC1CCCN(Cc2ccccc2F)C1)C(=O)c1ccccn1. The number of carbonyl (C=O) groups is 1. The van der Waals surface area contributed by atoms with Crippen molar-refractivity contribution < 1.29 is 9.18 Å². The first-order chi connectivity index (χ1) is 14.0. The summed E-state index contributed by atoms with van der Waals surface area (Å²) >= 11 is 0. The zero-order valence-electron chi connectivity index (χ0n) is 17.4. The van der Waals surface area contributed by atoms with Crippen LogP contribution < -0.4 is 0 Å². The maximum absolute atomic E-state index is 14.0. The second-order valence-corrected chi connectivity index (χ2v) is 8.10. The largest absolute Gasteiger partial charge is 0.336 e. The topological polar surface area (TPSA) is 39.7 Å². The molecule has 0 radical (unpaired) electrons. The lowest BCUT2D eigenvalue weighted by atomic mass is 9.96. The molecule has 0 N–H and O–H groups in total. The maximum Gasteiger partial charge on any atom is 0.272 e. The summed E-state index contributed by atoms with van der Waals surface area (Å²) in [5.74, 6) is 0.219. The number of rotatable bonds is 8. The van der Waals surface area contributed by atoms with Gasteiger partial charge in [-0.25, -0.2) is 4.39 Å². The van der Waals surface area contributed by atoms with E-state index in [2.05, 4.69) is 14.8 Å². The zero-order valence-corrected chi connectivity index (χ0v) is 17.4. The predicted octanol–water partition coefficient (Wildman–Crippen LogP) is 3.14. The Hall–Kier alpha value is -2.31. The minimum atomic E-state index is -0.146. The van der Waals surface area contributed by atoms with E-state index >= 15 is 0 Å². The Labute approximate surface area is 173 Å². The monoisotopic (exact) mass is 398 g/mol. The molecule has 6 heteroatoms. The Morgan fingerprint density at radius 2 is 1.97 bits per heavy atom. The Morgan fingerprint density at radius 3 is 2.69 bits per heavy atom. The third kappa shape index (κ3) is 6.34.